The Balaban J connectivity index is 1.71. The second-order valence-corrected chi connectivity index (χ2v) is 6.96. The van der Waals surface area contributed by atoms with E-state index in [0.29, 0.717) is 19.1 Å². The molecular formula is C18H27N3O2. The summed E-state index contributed by atoms with van der Waals surface area (Å²) in [6, 6.07) is 9.14. The van der Waals surface area contributed by atoms with Crippen molar-refractivity contribution < 1.29 is 9.90 Å². The third kappa shape index (κ3) is 4.03. The maximum Gasteiger partial charge on any atom is 0.407 e. The first kappa shape index (κ1) is 16.3. The van der Waals surface area contributed by atoms with E-state index in [9.17, 15) is 4.79 Å². The minimum atomic E-state index is -0.801. The van der Waals surface area contributed by atoms with Crippen LogP contribution in [-0.4, -0.2) is 47.2 Å². The number of nitrogens with zero attached hydrogens (tertiary/aromatic N) is 2. The summed E-state index contributed by atoms with van der Waals surface area (Å²) in [5, 5.41) is 9.11. The van der Waals surface area contributed by atoms with Gasteiger partial charge < -0.3 is 15.7 Å². The van der Waals surface area contributed by atoms with E-state index in [2.05, 4.69) is 29.2 Å². The molecule has 3 rings (SSSR count). The molecule has 5 heteroatoms. The SMILES string of the molecule is C[C@H](N)c1ccc([C@H](CC2CC2)N2CCN(C(=O)O)CC2)cc1. The molecule has 3 N–H and O–H groups in total. The maximum absolute atomic E-state index is 11.1. The Bertz CT molecular complexity index is 532. The molecule has 0 bridgehead atoms. The first-order valence-corrected chi connectivity index (χ1v) is 8.62. The van der Waals surface area contributed by atoms with Gasteiger partial charge in [-0.1, -0.05) is 37.1 Å². The van der Waals surface area contributed by atoms with Crippen molar-refractivity contribution in [1.29, 1.82) is 0 Å². The molecule has 1 heterocycles. The highest BCUT2D eigenvalue weighted by atomic mass is 16.4. The second-order valence-electron chi connectivity index (χ2n) is 6.96. The molecule has 0 radical (unpaired) electrons. The monoisotopic (exact) mass is 317 g/mol. The average molecular weight is 317 g/mol. The Labute approximate surface area is 138 Å². The van der Waals surface area contributed by atoms with Crippen molar-refractivity contribution in [1.82, 2.24) is 9.80 Å². The van der Waals surface area contributed by atoms with Gasteiger partial charge in [0.05, 0.1) is 0 Å². The van der Waals surface area contributed by atoms with Gasteiger partial charge in [0.2, 0.25) is 0 Å². The van der Waals surface area contributed by atoms with E-state index in [1.165, 1.54) is 29.7 Å². The Morgan fingerprint density at radius 1 is 1.17 bits per heavy atom. The quantitative estimate of drug-likeness (QED) is 0.876. The summed E-state index contributed by atoms with van der Waals surface area (Å²) in [7, 11) is 0. The van der Waals surface area contributed by atoms with Gasteiger partial charge in [-0.05, 0) is 30.4 Å². The zero-order valence-corrected chi connectivity index (χ0v) is 13.8. The van der Waals surface area contributed by atoms with Gasteiger partial charge in [-0.3, -0.25) is 4.90 Å². The molecule has 0 unspecified atom stereocenters. The fourth-order valence-electron chi connectivity index (χ4n) is 3.41. The number of rotatable bonds is 5. The second kappa shape index (κ2) is 6.89. The summed E-state index contributed by atoms with van der Waals surface area (Å²) in [6.07, 6.45) is 3.06. The van der Waals surface area contributed by atoms with Gasteiger partial charge in [0.1, 0.15) is 0 Å². The zero-order chi connectivity index (χ0) is 16.4. The molecule has 5 nitrogen and oxygen atoms in total. The summed E-state index contributed by atoms with van der Waals surface area (Å²) in [4.78, 5) is 15.1. The van der Waals surface area contributed by atoms with E-state index < -0.39 is 6.09 Å². The summed E-state index contributed by atoms with van der Waals surface area (Å²) < 4.78 is 0. The maximum atomic E-state index is 11.1. The number of benzene rings is 1. The summed E-state index contributed by atoms with van der Waals surface area (Å²) in [5.41, 5.74) is 8.45. The fourth-order valence-corrected chi connectivity index (χ4v) is 3.41. The normalized spacial score (nSPS) is 21.9. The Hall–Kier alpha value is -1.59. The van der Waals surface area contributed by atoms with Gasteiger partial charge in [0, 0.05) is 38.3 Å². The Kier molecular flexibility index (Phi) is 4.87. The first-order valence-electron chi connectivity index (χ1n) is 8.62. The van der Waals surface area contributed by atoms with Crippen LogP contribution >= 0.6 is 0 Å². The lowest BCUT2D eigenvalue weighted by Crippen LogP contribution is -2.49. The number of hydrogen-bond acceptors (Lipinski definition) is 3. The molecule has 2 aliphatic rings. The molecule has 23 heavy (non-hydrogen) atoms. The number of amides is 1. The van der Waals surface area contributed by atoms with Crippen LogP contribution in [0.3, 0.4) is 0 Å². The van der Waals surface area contributed by atoms with E-state index >= 15 is 0 Å². The van der Waals surface area contributed by atoms with Crippen LogP contribution in [0.1, 0.15) is 49.4 Å². The van der Waals surface area contributed by atoms with Crippen LogP contribution in [0.4, 0.5) is 4.79 Å². The van der Waals surface area contributed by atoms with Gasteiger partial charge >= 0.3 is 6.09 Å². The van der Waals surface area contributed by atoms with Crippen LogP contribution in [0.2, 0.25) is 0 Å². The first-order chi connectivity index (χ1) is 11.0. The van der Waals surface area contributed by atoms with E-state index in [1.807, 2.05) is 6.92 Å². The van der Waals surface area contributed by atoms with E-state index in [0.717, 1.165) is 24.6 Å². The molecule has 1 aromatic rings. The molecule has 0 spiro atoms. The highest BCUT2D eigenvalue weighted by Gasteiger charge is 2.32. The number of hydrogen-bond donors (Lipinski definition) is 2. The van der Waals surface area contributed by atoms with Crippen LogP contribution in [0.25, 0.3) is 0 Å². The highest BCUT2D eigenvalue weighted by Crippen LogP contribution is 2.40. The third-order valence-corrected chi connectivity index (χ3v) is 5.13. The molecule has 1 aliphatic heterocycles. The molecular weight excluding hydrogens is 290 g/mol. The molecule has 1 saturated carbocycles. The molecule has 2 atom stereocenters. The van der Waals surface area contributed by atoms with Crippen molar-refractivity contribution in [2.75, 3.05) is 26.2 Å². The van der Waals surface area contributed by atoms with Crippen molar-refractivity contribution in [2.45, 2.75) is 38.3 Å². The van der Waals surface area contributed by atoms with Gasteiger partial charge in [-0.2, -0.15) is 0 Å². The zero-order valence-electron chi connectivity index (χ0n) is 13.8. The molecule has 126 valence electrons. The predicted octanol–water partition coefficient (Wildman–Crippen LogP) is 2.84. The predicted molar refractivity (Wildman–Crippen MR) is 90.3 cm³/mol. The molecule has 1 aliphatic carbocycles. The van der Waals surface area contributed by atoms with Gasteiger partial charge in [-0.15, -0.1) is 0 Å². The van der Waals surface area contributed by atoms with Crippen LogP contribution < -0.4 is 5.73 Å². The number of piperazine rings is 1. The van der Waals surface area contributed by atoms with Crippen LogP contribution in [0, 0.1) is 5.92 Å². The van der Waals surface area contributed by atoms with Gasteiger partial charge in [0.15, 0.2) is 0 Å². The topological polar surface area (TPSA) is 69.8 Å². The standard InChI is InChI=1S/C18H27N3O2/c1-13(19)15-4-6-16(7-5-15)17(12-14-2-3-14)20-8-10-21(11-9-20)18(22)23/h4-7,13-14,17H,2-3,8-12,19H2,1H3,(H,22,23)/t13-,17-/m0/s1. The molecule has 1 aromatic carbocycles. The third-order valence-electron chi connectivity index (χ3n) is 5.13. The van der Waals surface area contributed by atoms with Crippen molar-refractivity contribution in [3.63, 3.8) is 0 Å². The number of nitrogens with two attached hydrogens (primary N) is 1. The van der Waals surface area contributed by atoms with Crippen LogP contribution in [0.15, 0.2) is 24.3 Å². The Morgan fingerprint density at radius 3 is 2.22 bits per heavy atom. The smallest absolute Gasteiger partial charge is 0.407 e. The summed E-state index contributed by atoms with van der Waals surface area (Å²) in [5.74, 6) is 0.839. The summed E-state index contributed by atoms with van der Waals surface area (Å²) >= 11 is 0. The van der Waals surface area contributed by atoms with Crippen molar-refractivity contribution >= 4 is 6.09 Å². The van der Waals surface area contributed by atoms with Crippen molar-refractivity contribution in [2.24, 2.45) is 11.7 Å². The lowest BCUT2D eigenvalue weighted by atomic mass is 9.96. The van der Waals surface area contributed by atoms with E-state index in [-0.39, 0.29) is 6.04 Å². The Morgan fingerprint density at radius 2 is 1.74 bits per heavy atom. The van der Waals surface area contributed by atoms with Crippen LogP contribution in [-0.2, 0) is 0 Å². The largest absolute Gasteiger partial charge is 0.465 e. The van der Waals surface area contributed by atoms with Crippen molar-refractivity contribution in [3.8, 4) is 0 Å². The minimum Gasteiger partial charge on any atom is -0.465 e. The highest BCUT2D eigenvalue weighted by molar-refractivity contribution is 5.65. The number of carbonyl (C=O) groups is 1. The number of carboxylic acid groups (broad SMARTS) is 1. The van der Waals surface area contributed by atoms with E-state index in [4.69, 9.17) is 10.8 Å². The fraction of sp³-hybridized carbons (Fsp3) is 0.611. The van der Waals surface area contributed by atoms with Gasteiger partial charge in [0.25, 0.3) is 0 Å². The molecule has 0 aromatic heterocycles. The average Bonchev–Trinajstić information content (AvgIpc) is 3.37. The lowest BCUT2D eigenvalue weighted by Gasteiger charge is -2.38. The molecule has 1 amide bonds. The van der Waals surface area contributed by atoms with E-state index in [1.54, 1.807) is 0 Å². The molecule has 2 fully saturated rings. The van der Waals surface area contributed by atoms with Gasteiger partial charge in [-0.25, -0.2) is 4.79 Å². The van der Waals surface area contributed by atoms with Crippen LogP contribution in [0.5, 0.6) is 0 Å². The minimum absolute atomic E-state index is 0.0602. The van der Waals surface area contributed by atoms with Crippen molar-refractivity contribution in [3.05, 3.63) is 35.4 Å². The molecule has 1 saturated heterocycles. The summed E-state index contributed by atoms with van der Waals surface area (Å²) in [6.45, 7) is 4.85. The lowest BCUT2D eigenvalue weighted by molar-refractivity contribution is 0.0805.